The maximum absolute atomic E-state index is 12.5. The molecule has 0 aliphatic carbocycles. The molecular formula is C23H20N4O2. The Kier molecular flexibility index (Phi) is 6.69. The molecule has 0 aliphatic rings. The number of aromatic nitrogens is 1. The molecule has 0 radical (unpaired) electrons. The summed E-state index contributed by atoms with van der Waals surface area (Å²) in [6.07, 6.45) is 3.12. The lowest BCUT2D eigenvalue weighted by Gasteiger charge is -2.08. The summed E-state index contributed by atoms with van der Waals surface area (Å²) in [7, 11) is 0. The van der Waals surface area contributed by atoms with Gasteiger partial charge in [-0.2, -0.15) is 5.26 Å². The van der Waals surface area contributed by atoms with E-state index < -0.39 is 5.91 Å². The van der Waals surface area contributed by atoms with Crippen LogP contribution in [-0.2, 0) is 6.42 Å². The number of nitrogens with zero attached hydrogens (tertiary/aromatic N) is 2. The van der Waals surface area contributed by atoms with Gasteiger partial charge in [0.25, 0.3) is 11.8 Å². The molecule has 6 nitrogen and oxygen atoms in total. The van der Waals surface area contributed by atoms with E-state index in [-0.39, 0.29) is 11.6 Å². The van der Waals surface area contributed by atoms with Crippen LogP contribution in [0.1, 0.15) is 38.4 Å². The van der Waals surface area contributed by atoms with Crippen molar-refractivity contribution in [1.82, 2.24) is 10.3 Å². The first-order valence-electron chi connectivity index (χ1n) is 9.26. The number of anilines is 1. The minimum absolute atomic E-state index is 0.106. The summed E-state index contributed by atoms with van der Waals surface area (Å²) in [6, 6.07) is 21.8. The first-order valence-corrected chi connectivity index (χ1v) is 9.26. The van der Waals surface area contributed by atoms with Crippen LogP contribution in [0, 0.1) is 11.3 Å². The quantitative estimate of drug-likeness (QED) is 0.609. The minimum atomic E-state index is -0.480. The predicted molar refractivity (Wildman–Crippen MR) is 110 cm³/mol. The fourth-order valence-corrected chi connectivity index (χ4v) is 2.81. The largest absolute Gasteiger partial charge is 0.352 e. The lowest BCUT2D eigenvalue weighted by atomic mass is 10.1. The molecule has 29 heavy (non-hydrogen) atoms. The van der Waals surface area contributed by atoms with Crippen LogP contribution in [-0.4, -0.2) is 23.3 Å². The van der Waals surface area contributed by atoms with Gasteiger partial charge in [0.1, 0.15) is 11.8 Å². The summed E-state index contributed by atoms with van der Waals surface area (Å²) in [4.78, 5) is 28.9. The molecule has 2 aromatic carbocycles. The van der Waals surface area contributed by atoms with Crippen LogP contribution >= 0.6 is 0 Å². The van der Waals surface area contributed by atoms with Crippen LogP contribution in [0.4, 0.5) is 5.69 Å². The zero-order chi connectivity index (χ0) is 20.5. The van der Waals surface area contributed by atoms with E-state index in [9.17, 15) is 9.59 Å². The molecule has 0 fully saturated rings. The second-order valence-corrected chi connectivity index (χ2v) is 6.39. The van der Waals surface area contributed by atoms with Crippen LogP contribution in [0.5, 0.6) is 0 Å². The Morgan fingerprint density at radius 1 is 0.966 bits per heavy atom. The molecule has 0 saturated heterocycles. The van der Waals surface area contributed by atoms with E-state index in [0.717, 1.165) is 12.8 Å². The number of carbonyl (C=O) groups excluding carboxylic acids is 2. The molecular weight excluding hydrogens is 364 g/mol. The zero-order valence-electron chi connectivity index (χ0n) is 15.8. The average Bonchev–Trinajstić information content (AvgIpc) is 2.77. The van der Waals surface area contributed by atoms with Gasteiger partial charge in [0.05, 0.1) is 11.3 Å². The second-order valence-electron chi connectivity index (χ2n) is 6.39. The Bertz CT molecular complexity index is 1040. The minimum Gasteiger partial charge on any atom is -0.352 e. The van der Waals surface area contributed by atoms with Crippen molar-refractivity contribution in [3.8, 4) is 6.07 Å². The summed E-state index contributed by atoms with van der Waals surface area (Å²) in [5.74, 6) is -0.738. The van der Waals surface area contributed by atoms with Gasteiger partial charge >= 0.3 is 0 Å². The lowest BCUT2D eigenvalue weighted by molar-refractivity contribution is 0.0953. The molecule has 3 rings (SSSR count). The van der Waals surface area contributed by atoms with Gasteiger partial charge in [-0.1, -0.05) is 42.5 Å². The normalized spacial score (nSPS) is 10.0. The molecule has 6 heteroatoms. The zero-order valence-corrected chi connectivity index (χ0v) is 15.8. The molecule has 0 unspecified atom stereocenters. The van der Waals surface area contributed by atoms with Gasteiger partial charge in [-0.3, -0.25) is 14.6 Å². The van der Waals surface area contributed by atoms with Gasteiger partial charge < -0.3 is 10.6 Å². The van der Waals surface area contributed by atoms with E-state index in [1.165, 1.54) is 17.8 Å². The smallest absolute Gasteiger partial charge is 0.274 e. The van der Waals surface area contributed by atoms with Crippen LogP contribution < -0.4 is 10.6 Å². The maximum atomic E-state index is 12.5. The number of nitriles is 1. The monoisotopic (exact) mass is 384 g/mol. The van der Waals surface area contributed by atoms with Gasteiger partial charge in [-0.25, -0.2) is 0 Å². The number of amides is 2. The lowest BCUT2D eigenvalue weighted by Crippen LogP contribution is -2.25. The topological polar surface area (TPSA) is 94.9 Å². The summed E-state index contributed by atoms with van der Waals surface area (Å²) in [5.41, 5.74) is 2.45. The molecule has 144 valence electrons. The predicted octanol–water partition coefficient (Wildman–Crippen LogP) is 3.57. The fourth-order valence-electron chi connectivity index (χ4n) is 2.81. The van der Waals surface area contributed by atoms with Crippen molar-refractivity contribution in [2.45, 2.75) is 12.8 Å². The average molecular weight is 384 g/mol. The summed E-state index contributed by atoms with van der Waals surface area (Å²) in [6.45, 7) is 0.535. The molecule has 0 spiro atoms. The highest BCUT2D eigenvalue weighted by Gasteiger charge is 2.13. The van der Waals surface area contributed by atoms with Gasteiger partial charge in [0.2, 0.25) is 0 Å². The third kappa shape index (κ3) is 5.50. The molecule has 0 aliphatic heterocycles. The third-order valence-corrected chi connectivity index (χ3v) is 4.32. The Labute approximate surface area is 169 Å². The number of nitrogens with one attached hydrogen (secondary N) is 2. The SMILES string of the molecule is N#Cc1ccccc1NC(=O)c1cc(C(=O)NCCCc2ccccc2)ccn1. The van der Waals surface area contributed by atoms with E-state index >= 15 is 0 Å². The van der Waals surface area contributed by atoms with Crippen molar-refractivity contribution in [2.75, 3.05) is 11.9 Å². The number of rotatable bonds is 7. The molecule has 2 amide bonds. The van der Waals surface area contributed by atoms with Crippen LogP contribution in [0.2, 0.25) is 0 Å². The maximum Gasteiger partial charge on any atom is 0.274 e. The number of carbonyl (C=O) groups is 2. The summed E-state index contributed by atoms with van der Waals surface area (Å²) in [5, 5.41) is 14.6. The highest BCUT2D eigenvalue weighted by atomic mass is 16.2. The van der Waals surface area contributed by atoms with Crippen molar-refractivity contribution >= 4 is 17.5 Å². The molecule has 1 heterocycles. The standard InChI is InChI=1S/C23H20N4O2/c24-16-19-10-4-5-11-20(19)27-23(29)21-15-18(12-14-25-21)22(28)26-13-6-9-17-7-2-1-3-8-17/h1-5,7-8,10-12,14-15H,6,9,13H2,(H,26,28)(H,27,29). The summed E-state index contributed by atoms with van der Waals surface area (Å²) < 4.78 is 0. The van der Waals surface area contributed by atoms with Gasteiger partial charge in [-0.05, 0) is 42.7 Å². The van der Waals surface area contributed by atoms with Crippen LogP contribution in [0.3, 0.4) is 0 Å². The van der Waals surface area contributed by atoms with Crippen LogP contribution in [0.15, 0.2) is 72.9 Å². The molecule has 0 saturated carbocycles. The van der Waals surface area contributed by atoms with E-state index in [1.54, 1.807) is 30.3 Å². The molecule has 2 N–H and O–H groups in total. The number of hydrogen-bond donors (Lipinski definition) is 2. The molecule has 1 aromatic heterocycles. The van der Waals surface area contributed by atoms with E-state index in [4.69, 9.17) is 5.26 Å². The number of para-hydroxylation sites is 1. The van der Waals surface area contributed by atoms with Crippen molar-refractivity contribution in [1.29, 1.82) is 5.26 Å². The van der Waals surface area contributed by atoms with Crippen molar-refractivity contribution < 1.29 is 9.59 Å². The van der Waals surface area contributed by atoms with E-state index in [1.807, 2.05) is 24.3 Å². The highest BCUT2D eigenvalue weighted by molar-refractivity contribution is 6.05. The van der Waals surface area contributed by atoms with Gasteiger partial charge in [0, 0.05) is 18.3 Å². The summed E-state index contributed by atoms with van der Waals surface area (Å²) >= 11 is 0. The molecule has 0 atom stereocenters. The Balaban J connectivity index is 1.57. The van der Waals surface area contributed by atoms with Gasteiger partial charge in [-0.15, -0.1) is 0 Å². The van der Waals surface area contributed by atoms with Crippen molar-refractivity contribution in [2.24, 2.45) is 0 Å². The number of hydrogen-bond acceptors (Lipinski definition) is 4. The third-order valence-electron chi connectivity index (χ3n) is 4.32. The number of aryl methyl sites for hydroxylation is 1. The second kappa shape index (κ2) is 9.81. The van der Waals surface area contributed by atoms with Crippen molar-refractivity contribution in [3.63, 3.8) is 0 Å². The number of benzene rings is 2. The van der Waals surface area contributed by atoms with Gasteiger partial charge in [0.15, 0.2) is 0 Å². The highest BCUT2D eigenvalue weighted by Crippen LogP contribution is 2.15. The molecule has 0 bridgehead atoms. The van der Waals surface area contributed by atoms with E-state index in [0.29, 0.717) is 23.4 Å². The molecule has 3 aromatic rings. The Morgan fingerprint density at radius 3 is 2.52 bits per heavy atom. The van der Waals surface area contributed by atoms with Crippen LogP contribution in [0.25, 0.3) is 0 Å². The fraction of sp³-hybridized carbons (Fsp3) is 0.130. The van der Waals surface area contributed by atoms with Crippen molar-refractivity contribution in [3.05, 3.63) is 95.3 Å². The van der Waals surface area contributed by atoms with E-state index in [2.05, 4.69) is 27.8 Å². The number of pyridine rings is 1. The Morgan fingerprint density at radius 2 is 1.72 bits per heavy atom. The first kappa shape index (κ1) is 19.8. The Hall–Kier alpha value is -3.98. The first-order chi connectivity index (χ1) is 14.2.